The van der Waals surface area contributed by atoms with E-state index in [1.54, 1.807) is 24.3 Å². The molecule has 0 saturated carbocycles. The molecule has 2 heterocycles. The fourth-order valence-corrected chi connectivity index (χ4v) is 2.81. The minimum absolute atomic E-state index is 0.211. The molecular weight excluding hydrogens is 348 g/mol. The Kier molecular flexibility index (Phi) is 5.64. The number of halogens is 1. The Bertz CT molecular complexity index is 906. The van der Waals surface area contributed by atoms with Crippen molar-refractivity contribution >= 4 is 17.6 Å². The van der Waals surface area contributed by atoms with Gasteiger partial charge in [0.1, 0.15) is 6.54 Å². The standard InChI is InChI=1S/C21H19ClN2O2/c1-2-3-10-24-11-8-16(9-12-24)20-14-17(21(25)26)13-19(23-20)15-4-6-18(22)7-5-15/h4-9,11-14H,2-3,10H2,1H3/p+1. The Hall–Kier alpha value is -2.72. The van der Waals surface area contributed by atoms with Gasteiger partial charge in [-0.1, -0.05) is 37.1 Å². The first kappa shape index (κ1) is 18.1. The molecule has 0 amide bonds. The summed E-state index contributed by atoms with van der Waals surface area (Å²) in [6, 6.07) is 14.3. The molecule has 26 heavy (non-hydrogen) atoms. The zero-order valence-corrected chi connectivity index (χ0v) is 15.3. The van der Waals surface area contributed by atoms with Crippen molar-refractivity contribution in [2.75, 3.05) is 0 Å². The van der Waals surface area contributed by atoms with Crippen molar-refractivity contribution in [3.05, 3.63) is 71.5 Å². The van der Waals surface area contributed by atoms with Crippen LogP contribution in [0.2, 0.25) is 5.02 Å². The number of unbranched alkanes of at least 4 members (excludes halogenated alkanes) is 1. The molecule has 1 N–H and O–H groups in total. The summed E-state index contributed by atoms with van der Waals surface area (Å²) in [5.41, 5.74) is 3.17. The number of carbonyl (C=O) groups is 1. The lowest BCUT2D eigenvalue weighted by Crippen LogP contribution is -2.32. The Morgan fingerprint density at radius 2 is 1.62 bits per heavy atom. The van der Waals surface area contributed by atoms with Gasteiger partial charge in [0.15, 0.2) is 12.4 Å². The monoisotopic (exact) mass is 367 g/mol. The van der Waals surface area contributed by atoms with Crippen LogP contribution in [-0.4, -0.2) is 16.1 Å². The fourth-order valence-electron chi connectivity index (χ4n) is 2.69. The van der Waals surface area contributed by atoms with Gasteiger partial charge in [-0.05, 0) is 24.3 Å². The quantitative estimate of drug-likeness (QED) is 0.633. The molecule has 0 bridgehead atoms. The van der Waals surface area contributed by atoms with Crippen molar-refractivity contribution in [2.45, 2.75) is 26.3 Å². The van der Waals surface area contributed by atoms with Crippen LogP contribution >= 0.6 is 11.6 Å². The number of hydrogen-bond acceptors (Lipinski definition) is 2. The molecule has 2 aromatic heterocycles. The van der Waals surface area contributed by atoms with Crippen LogP contribution in [0.15, 0.2) is 60.9 Å². The summed E-state index contributed by atoms with van der Waals surface area (Å²) in [7, 11) is 0. The summed E-state index contributed by atoms with van der Waals surface area (Å²) >= 11 is 5.94. The first-order chi connectivity index (χ1) is 12.6. The molecule has 132 valence electrons. The molecule has 5 heteroatoms. The minimum Gasteiger partial charge on any atom is -0.478 e. The number of hydrogen-bond donors (Lipinski definition) is 1. The topological polar surface area (TPSA) is 54.1 Å². The number of aromatic carboxylic acids is 1. The number of carboxylic acid groups (broad SMARTS) is 1. The number of nitrogens with zero attached hydrogens (tertiary/aromatic N) is 2. The van der Waals surface area contributed by atoms with Crippen molar-refractivity contribution < 1.29 is 14.5 Å². The molecule has 3 aromatic rings. The molecule has 0 spiro atoms. The van der Waals surface area contributed by atoms with Crippen molar-refractivity contribution in [1.82, 2.24) is 4.98 Å². The highest BCUT2D eigenvalue weighted by Gasteiger charge is 2.12. The maximum Gasteiger partial charge on any atom is 0.335 e. The second-order valence-corrected chi connectivity index (χ2v) is 6.55. The highest BCUT2D eigenvalue weighted by Crippen LogP contribution is 2.25. The first-order valence-electron chi connectivity index (χ1n) is 8.57. The lowest BCUT2D eigenvalue weighted by Gasteiger charge is -2.08. The number of benzene rings is 1. The number of carboxylic acids is 1. The maximum absolute atomic E-state index is 11.5. The summed E-state index contributed by atoms with van der Waals surface area (Å²) < 4.78 is 2.12. The van der Waals surface area contributed by atoms with E-state index in [2.05, 4.69) is 16.5 Å². The molecule has 0 saturated heterocycles. The summed E-state index contributed by atoms with van der Waals surface area (Å²) in [5.74, 6) is -0.974. The van der Waals surface area contributed by atoms with Crippen LogP contribution in [0.4, 0.5) is 0 Å². The molecule has 0 radical (unpaired) electrons. The fraction of sp³-hybridized carbons (Fsp3) is 0.190. The van der Waals surface area contributed by atoms with Gasteiger partial charge in [-0.2, -0.15) is 0 Å². The van der Waals surface area contributed by atoms with Crippen molar-refractivity contribution in [3.63, 3.8) is 0 Å². The average molecular weight is 368 g/mol. The van der Waals surface area contributed by atoms with E-state index in [0.29, 0.717) is 16.4 Å². The predicted octanol–water partition coefficient (Wildman–Crippen LogP) is 4.85. The molecule has 0 fully saturated rings. The Labute approximate surface area is 157 Å². The molecule has 1 aromatic carbocycles. The zero-order chi connectivity index (χ0) is 18.5. The summed E-state index contributed by atoms with van der Waals surface area (Å²) in [6.45, 7) is 3.13. The molecule has 3 rings (SSSR count). The molecule has 0 unspecified atom stereocenters. The number of pyridine rings is 2. The van der Waals surface area contributed by atoms with Gasteiger partial charge in [0.05, 0.1) is 17.0 Å². The lowest BCUT2D eigenvalue weighted by atomic mass is 10.1. The Morgan fingerprint density at radius 3 is 2.15 bits per heavy atom. The van der Waals surface area contributed by atoms with E-state index in [4.69, 9.17) is 11.6 Å². The number of aryl methyl sites for hydroxylation is 1. The van der Waals surface area contributed by atoms with Gasteiger partial charge < -0.3 is 5.11 Å². The second kappa shape index (κ2) is 8.11. The summed E-state index contributed by atoms with van der Waals surface area (Å²) in [5, 5.41) is 10.1. The first-order valence-corrected chi connectivity index (χ1v) is 8.95. The van der Waals surface area contributed by atoms with Crippen LogP contribution in [0.5, 0.6) is 0 Å². The highest BCUT2D eigenvalue weighted by molar-refractivity contribution is 6.30. The predicted molar refractivity (Wildman–Crippen MR) is 102 cm³/mol. The molecule has 4 nitrogen and oxygen atoms in total. The Morgan fingerprint density at radius 1 is 1.04 bits per heavy atom. The summed E-state index contributed by atoms with van der Waals surface area (Å²) in [4.78, 5) is 16.2. The summed E-state index contributed by atoms with van der Waals surface area (Å²) in [6.07, 6.45) is 6.27. The van der Waals surface area contributed by atoms with E-state index in [0.717, 1.165) is 30.5 Å². The molecule has 0 aliphatic carbocycles. The van der Waals surface area contributed by atoms with Crippen LogP contribution in [0.3, 0.4) is 0 Å². The van der Waals surface area contributed by atoms with E-state index in [9.17, 15) is 9.90 Å². The third kappa shape index (κ3) is 4.27. The molecule has 0 aliphatic rings. The van der Waals surface area contributed by atoms with E-state index in [1.165, 1.54) is 0 Å². The van der Waals surface area contributed by atoms with Gasteiger partial charge in [0.25, 0.3) is 0 Å². The number of aromatic nitrogens is 2. The van der Waals surface area contributed by atoms with Gasteiger partial charge in [-0.15, -0.1) is 0 Å². The average Bonchev–Trinajstić information content (AvgIpc) is 2.67. The van der Waals surface area contributed by atoms with Crippen molar-refractivity contribution in [3.8, 4) is 22.5 Å². The van der Waals surface area contributed by atoms with E-state index >= 15 is 0 Å². The smallest absolute Gasteiger partial charge is 0.335 e. The number of rotatable bonds is 6. The second-order valence-electron chi connectivity index (χ2n) is 6.12. The van der Waals surface area contributed by atoms with E-state index in [1.807, 2.05) is 36.7 Å². The van der Waals surface area contributed by atoms with Gasteiger partial charge in [-0.25, -0.2) is 14.3 Å². The van der Waals surface area contributed by atoms with E-state index in [-0.39, 0.29) is 5.56 Å². The minimum atomic E-state index is -0.974. The normalized spacial score (nSPS) is 10.7. The van der Waals surface area contributed by atoms with Gasteiger partial charge in [0, 0.05) is 34.7 Å². The van der Waals surface area contributed by atoms with Crippen molar-refractivity contribution in [2.24, 2.45) is 0 Å². The third-order valence-corrected chi connectivity index (χ3v) is 4.42. The molecule has 0 atom stereocenters. The van der Waals surface area contributed by atoms with Crippen LogP contribution < -0.4 is 4.57 Å². The van der Waals surface area contributed by atoms with E-state index < -0.39 is 5.97 Å². The molecular formula is C21H20ClN2O2+. The van der Waals surface area contributed by atoms with Crippen LogP contribution in [0.25, 0.3) is 22.5 Å². The van der Waals surface area contributed by atoms with Crippen LogP contribution in [0.1, 0.15) is 30.1 Å². The lowest BCUT2D eigenvalue weighted by molar-refractivity contribution is -0.697. The van der Waals surface area contributed by atoms with Gasteiger partial charge >= 0.3 is 5.97 Å². The maximum atomic E-state index is 11.5. The molecule has 0 aliphatic heterocycles. The third-order valence-electron chi connectivity index (χ3n) is 4.17. The van der Waals surface area contributed by atoms with Crippen LogP contribution in [-0.2, 0) is 6.54 Å². The Balaban J connectivity index is 2.00. The van der Waals surface area contributed by atoms with Gasteiger partial charge in [0.2, 0.25) is 0 Å². The SMILES string of the molecule is CCCC[n+]1ccc(-c2cc(C(=O)O)cc(-c3ccc(Cl)cc3)n2)cc1. The van der Waals surface area contributed by atoms with Gasteiger partial charge in [-0.3, -0.25) is 0 Å². The van der Waals surface area contributed by atoms with Crippen LogP contribution in [0, 0.1) is 0 Å². The highest BCUT2D eigenvalue weighted by atomic mass is 35.5. The van der Waals surface area contributed by atoms with Crippen molar-refractivity contribution in [1.29, 1.82) is 0 Å². The zero-order valence-electron chi connectivity index (χ0n) is 14.5. The largest absolute Gasteiger partial charge is 0.478 e.